The molecular formula is C21H23ClN2O5S. The largest absolute Gasteiger partial charge is 0.454 e. The van der Waals surface area contributed by atoms with Gasteiger partial charge in [0.2, 0.25) is 10.0 Å². The first-order valence-corrected chi connectivity index (χ1v) is 11.3. The van der Waals surface area contributed by atoms with E-state index in [1.165, 1.54) is 24.3 Å². The number of rotatable bonds is 6. The average Bonchev–Trinajstić information content (AvgIpc) is 3.16. The van der Waals surface area contributed by atoms with Crippen molar-refractivity contribution < 1.29 is 22.7 Å². The van der Waals surface area contributed by atoms with Crippen LogP contribution in [0.25, 0.3) is 0 Å². The molecule has 0 aliphatic carbocycles. The number of hydrogen-bond donors (Lipinski definition) is 1. The van der Waals surface area contributed by atoms with Crippen LogP contribution in [-0.4, -0.2) is 43.8 Å². The second-order valence-electron chi connectivity index (χ2n) is 7.26. The predicted molar refractivity (Wildman–Crippen MR) is 114 cm³/mol. The van der Waals surface area contributed by atoms with E-state index in [-0.39, 0.29) is 11.4 Å². The number of amides is 1. The number of anilines is 1. The normalized spacial score (nSPS) is 17.0. The minimum atomic E-state index is -3.87. The summed E-state index contributed by atoms with van der Waals surface area (Å²) in [6, 6.07) is 10.4. The predicted octanol–water partition coefficient (Wildman–Crippen LogP) is 3.29. The van der Waals surface area contributed by atoms with Crippen LogP contribution in [-0.2, 0) is 24.3 Å². The van der Waals surface area contributed by atoms with Gasteiger partial charge in [0.25, 0.3) is 5.91 Å². The number of carbonyl (C=O) groups excluding carboxylic acids is 2. The Hall–Kier alpha value is -2.42. The molecule has 1 saturated heterocycles. The lowest BCUT2D eigenvalue weighted by Crippen LogP contribution is -2.42. The molecule has 160 valence electrons. The summed E-state index contributed by atoms with van der Waals surface area (Å²) in [4.78, 5) is 24.7. The zero-order valence-corrected chi connectivity index (χ0v) is 18.3. The van der Waals surface area contributed by atoms with E-state index in [4.69, 9.17) is 16.3 Å². The van der Waals surface area contributed by atoms with E-state index in [1.807, 2.05) is 32.0 Å². The third-order valence-corrected chi connectivity index (χ3v) is 6.92. The summed E-state index contributed by atoms with van der Waals surface area (Å²) in [5.74, 6) is -1.22. The summed E-state index contributed by atoms with van der Waals surface area (Å²) >= 11 is 5.83. The number of nitrogens with one attached hydrogen (secondary N) is 1. The number of ether oxygens (including phenoxy) is 1. The summed E-state index contributed by atoms with van der Waals surface area (Å²) in [5.41, 5.74) is 2.61. The molecule has 1 aliphatic rings. The van der Waals surface area contributed by atoms with Gasteiger partial charge < -0.3 is 10.1 Å². The summed E-state index contributed by atoms with van der Waals surface area (Å²) in [6.45, 7) is 3.55. The maximum atomic E-state index is 12.9. The highest BCUT2D eigenvalue weighted by molar-refractivity contribution is 7.89. The molecule has 1 heterocycles. The fraction of sp³-hybridized carbons (Fsp3) is 0.333. The number of hydrogen-bond acceptors (Lipinski definition) is 5. The number of carbonyl (C=O) groups is 2. The van der Waals surface area contributed by atoms with Crippen LogP contribution < -0.4 is 5.32 Å². The van der Waals surface area contributed by atoms with Gasteiger partial charge in [0, 0.05) is 17.3 Å². The molecule has 9 heteroatoms. The number of aryl methyl sites for hydroxylation is 2. The van der Waals surface area contributed by atoms with Gasteiger partial charge in [-0.2, -0.15) is 4.31 Å². The van der Waals surface area contributed by atoms with Gasteiger partial charge in [-0.05, 0) is 74.2 Å². The molecule has 1 amide bonds. The van der Waals surface area contributed by atoms with Crippen LogP contribution >= 0.6 is 11.6 Å². The summed E-state index contributed by atoms with van der Waals surface area (Å²) in [5, 5.41) is 3.10. The minimum Gasteiger partial charge on any atom is -0.454 e. The highest BCUT2D eigenvalue weighted by Crippen LogP contribution is 2.27. The van der Waals surface area contributed by atoms with Gasteiger partial charge >= 0.3 is 5.97 Å². The first-order chi connectivity index (χ1) is 14.2. The molecule has 1 fully saturated rings. The van der Waals surface area contributed by atoms with Crippen molar-refractivity contribution in [1.82, 2.24) is 4.31 Å². The molecule has 30 heavy (non-hydrogen) atoms. The van der Waals surface area contributed by atoms with E-state index in [0.29, 0.717) is 23.6 Å². The highest BCUT2D eigenvalue weighted by Gasteiger charge is 2.40. The first kappa shape index (κ1) is 22.3. The topological polar surface area (TPSA) is 92.8 Å². The Kier molecular flexibility index (Phi) is 6.80. The second-order valence-corrected chi connectivity index (χ2v) is 9.59. The molecule has 0 spiro atoms. The second kappa shape index (κ2) is 9.16. The van der Waals surface area contributed by atoms with Gasteiger partial charge in [-0.1, -0.05) is 17.7 Å². The third-order valence-electron chi connectivity index (χ3n) is 4.75. The van der Waals surface area contributed by atoms with Crippen molar-refractivity contribution in [1.29, 1.82) is 0 Å². The number of esters is 1. The van der Waals surface area contributed by atoms with Gasteiger partial charge in [0.1, 0.15) is 6.04 Å². The highest BCUT2D eigenvalue weighted by atomic mass is 35.5. The molecule has 0 saturated carbocycles. The van der Waals surface area contributed by atoms with E-state index in [0.717, 1.165) is 15.4 Å². The van der Waals surface area contributed by atoms with Gasteiger partial charge in [-0.15, -0.1) is 0 Å². The lowest BCUT2D eigenvalue weighted by molar-refractivity contribution is -0.150. The average molecular weight is 451 g/mol. The van der Waals surface area contributed by atoms with E-state index < -0.39 is 34.5 Å². The van der Waals surface area contributed by atoms with Crippen molar-refractivity contribution in [3.05, 3.63) is 58.6 Å². The Morgan fingerprint density at radius 3 is 2.40 bits per heavy atom. The number of benzene rings is 2. The van der Waals surface area contributed by atoms with Gasteiger partial charge in [0.05, 0.1) is 4.90 Å². The Morgan fingerprint density at radius 1 is 1.13 bits per heavy atom. The van der Waals surface area contributed by atoms with Crippen molar-refractivity contribution >= 4 is 39.2 Å². The summed E-state index contributed by atoms with van der Waals surface area (Å²) in [6.07, 6.45) is 0.867. The molecule has 1 N–H and O–H groups in total. The number of sulfonamides is 1. The first-order valence-electron chi connectivity index (χ1n) is 9.49. The summed E-state index contributed by atoms with van der Waals surface area (Å²) < 4.78 is 32.0. The molecule has 0 aromatic heterocycles. The van der Waals surface area contributed by atoms with E-state index >= 15 is 0 Å². The molecule has 3 rings (SSSR count). The maximum absolute atomic E-state index is 12.9. The van der Waals surface area contributed by atoms with Crippen molar-refractivity contribution in [3.63, 3.8) is 0 Å². The number of halogens is 1. The zero-order valence-electron chi connectivity index (χ0n) is 16.7. The van der Waals surface area contributed by atoms with Gasteiger partial charge in [-0.3, -0.25) is 9.59 Å². The molecule has 0 radical (unpaired) electrons. The summed E-state index contributed by atoms with van der Waals surface area (Å²) in [7, 11) is -3.87. The Morgan fingerprint density at radius 2 is 1.77 bits per heavy atom. The van der Waals surface area contributed by atoms with Gasteiger partial charge in [-0.25, -0.2) is 8.42 Å². The Labute approximate surface area is 181 Å². The van der Waals surface area contributed by atoms with Crippen LogP contribution in [0.3, 0.4) is 0 Å². The van der Waals surface area contributed by atoms with Crippen molar-refractivity contribution in [3.8, 4) is 0 Å². The third kappa shape index (κ3) is 5.19. The van der Waals surface area contributed by atoms with Crippen LogP contribution in [0.5, 0.6) is 0 Å². The molecular weight excluding hydrogens is 428 g/mol. The minimum absolute atomic E-state index is 0.0548. The van der Waals surface area contributed by atoms with Crippen molar-refractivity contribution in [2.24, 2.45) is 0 Å². The fourth-order valence-corrected chi connectivity index (χ4v) is 5.25. The SMILES string of the molecule is Cc1cc(C)cc(NC(=O)COC(=O)C2CCCN2S(=O)(=O)c2ccc(Cl)cc2)c1. The lowest BCUT2D eigenvalue weighted by atomic mass is 10.1. The Bertz CT molecular complexity index is 1030. The van der Waals surface area contributed by atoms with Crippen molar-refractivity contribution in [2.75, 3.05) is 18.5 Å². The van der Waals surface area contributed by atoms with Crippen LogP contribution in [0.2, 0.25) is 5.02 Å². The molecule has 1 atom stereocenters. The number of nitrogens with zero attached hydrogens (tertiary/aromatic N) is 1. The molecule has 0 bridgehead atoms. The molecule has 7 nitrogen and oxygen atoms in total. The van der Waals surface area contributed by atoms with Crippen LogP contribution in [0.4, 0.5) is 5.69 Å². The monoisotopic (exact) mass is 450 g/mol. The van der Waals surface area contributed by atoms with E-state index in [9.17, 15) is 18.0 Å². The standard InChI is InChI=1S/C21H23ClN2O5S/c1-14-10-15(2)12-17(11-14)23-20(25)13-29-21(26)19-4-3-9-24(19)30(27,28)18-7-5-16(22)6-8-18/h5-8,10-12,19H,3-4,9,13H2,1-2H3,(H,23,25). The van der Waals surface area contributed by atoms with Crippen LogP contribution in [0.1, 0.15) is 24.0 Å². The Balaban J connectivity index is 1.63. The molecule has 2 aromatic rings. The van der Waals surface area contributed by atoms with E-state index in [1.54, 1.807) is 0 Å². The van der Waals surface area contributed by atoms with Crippen LogP contribution in [0, 0.1) is 13.8 Å². The lowest BCUT2D eigenvalue weighted by Gasteiger charge is -2.22. The van der Waals surface area contributed by atoms with Gasteiger partial charge in [0.15, 0.2) is 6.61 Å². The maximum Gasteiger partial charge on any atom is 0.324 e. The smallest absolute Gasteiger partial charge is 0.324 e. The fourth-order valence-electron chi connectivity index (χ4n) is 3.48. The zero-order chi connectivity index (χ0) is 21.9. The molecule has 1 unspecified atom stereocenters. The quantitative estimate of drug-likeness (QED) is 0.681. The van der Waals surface area contributed by atoms with Crippen molar-refractivity contribution in [2.45, 2.75) is 37.6 Å². The molecule has 1 aliphatic heterocycles. The van der Waals surface area contributed by atoms with Crippen LogP contribution in [0.15, 0.2) is 47.4 Å². The molecule has 2 aromatic carbocycles. The van der Waals surface area contributed by atoms with E-state index in [2.05, 4.69) is 5.32 Å².